The fourth-order valence-corrected chi connectivity index (χ4v) is 2.82. The first-order valence-electron chi connectivity index (χ1n) is 7.63. The van der Waals surface area contributed by atoms with Crippen molar-refractivity contribution in [3.63, 3.8) is 0 Å². The number of rotatable bonds is 4. The second kappa shape index (κ2) is 6.25. The number of piperazine rings is 1. The van der Waals surface area contributed by atoms with Crippen LogP contribution in [0.4, 0.5) is 0 Å². The van der Waals surface area contributed by atoms with Crippen molar-refractivity contribution >= 4 is 0 Å². The van der Waals surface area contributed by atoms with Gasteiger partial charge in [0.15, 0.2) is 0 Å². The number of aryl methyl sites for hydroxylation is 1. The van der Waals surface area contributed by atoms with Gasteiger partial charge >= 0.3 is 0 Å². The highest BCUT2D eigenvalue weighted by Crippen LogP contribution is 2.22. The third-order valence-corrected chi connectivity index (χ3v) is 4.60. The number of nitrogens with zero attached hydrogens (tertiary/aromatic N) is 2. The Bertz CT molecular complexity index is 427. The highest BCUT2D eigenvalue weighted by Gasteiger charge is 2.31. The van der Waals surface area contributed by atoms with E-state index in [-0.39, 0.29) is 11.6 Å². The van der Waals surface area contributed by atoms with Gasteiger partial charge in [0.25, 0.3) is 0 Å². The minimum Gasteiger partial charge on any atom is -0.387 e. The van der Waals surface area contributed by atoms with Gasteiger partial charge in [-0.15, -0.1) is 0 Å². The molecule has 2 rings (SSSR count). The molecule has 1 heterocycles. The largest absolute Gasteiger partial charge is 0.387 e. The van der Waals surface area contributed by atoms with Gasteiger partial charge in [-0.3, -0.25) is 9.80 Å². The monoisotopic (exact) mass is 276 g/mol. The number of aliphatic hydroxyl groups excluding tert-OH is 1. The van der Waals surface area contributed by atoms with Gasteiger partial charge < -0.3 is 5.11 Å². The summed E-state index contributed by atoms with van der Waals surface area (Å²) in [5, 5.41) is 10.4. The molecule has 112 valence electrons. The molecular weight excluding hydrogens is 248 g/mol. The van der Waals surface area contributed by atoms with E-state index in [1.165, 1.54) is 5.56 Å². The van der Waals surface area contributed by atoms with Gasteiger partial charge in [-0.25, -0.2) is 0 Å². The molecule has 3 nitrogen and oxygen atoms in total. The normalized spacial score (nSPS) is 21.9. The molecule has 1 atom stereocenters. The number of benzene rings is 1. The summed E-state index contributed by atoms with van der Waals surface area (Å²) in [6.07, 6.45) is 0.656. The van der Waals surface area contributed by atoms with Crippen molar-refractivity contribution in [2.24, 2.45) is 0 Å². The molecule has 1 aromatic rings. The van der Waals surface area contributed by atoms with E-state index in [1.54, 1.807) is 0 Å². The van der Waals surface area contributed by atoms with Crippen LogP contribution in [-0.2, 0) is 6.42 Å². The molecule has 1 unspecified atom stereocenters. The molecule has 0 saturated carbocycles. The van der Waals surface area contributed by atoms with E-state index < -0.39 is 0 Å². The fraction of sp³-hybridized carbons (Fsp3) is 0.647. The molecule has 1 saturated heterocycles. The second-order valence-corrected chi connectivity index (χ2v) is 6.58. The maximum absolute atomic E-state index is 10.4. The second-order valence-electron chi connectivity index (χ2n) is 6.58. The minimum atomic E-state index is -0.389. The molecule has 1 aliphatic rings. The summed E-state index contributed by atoms with van der Waals surface area (Å²) in [5.74, 6) is 0. The van der Waals surface area contributed by atoms with E-state index >= 15 is 0 Å². The van der Waals surface area contributed by atoms with Crippen molar-refractivity contribution in [3.8, 4) is 0 Å². The number of hydrogen-bond donors (Lipinski definition) is 1. The molecule has 1 aliphatic heterocycles. The van der Waals surface area contributed by atoms with Crippen LogP contribution in [0.15, 0.2) is 24.3 Å². The predicted octanol–water partition coefficient (Wildman–Crippen LogP) is 2.31. The summed E-state index contributed by atoms with van der Waals surface area (Å²) in [4.78, 5) is 4.77. The molecule has 0 radical (unpaired) electrons. The van der Waals surface area contributed by atoms with E-state index in [4.69, 9.17) is 0 Å². The topological polar surface area (TPSA) is 26.7 Å². The quantitative estimate of drug-likeness (QED) is 0.914. The molecule has 3 heteroatoms. The molecule has 0 spiro atoms. The average molecular weight is 276 g/mol. The van der Waals surface area contributed by atoms with Gasteiger partial charge in [-0.05, 0) is 38.4 Å². The summed E-state index contributed by atoms with van der Waals surface area (Å²) < 4.78 is 0. The SMILES string of the molecule is CCc1ccc(C(O)CN2CCN(C)C(C)(C)C2)cc1. The Morgan fingerprint density at radius 2 is 1.85 bits per heavy atom. The average Bonchev–Trinajstić information content (AvgIpc) is 2.42. The Balaban J connectivity index is 1.95. The Hall–Kier alpha value is -0.900. The molecular formula is C17H28N2O. The number of hydrogen-bond acceptors (Lipinski definition) is 3. The third kappa shape index (κ3) is 3.60. The summed E-state index contributed by atoms with van der Waals surface area (Å²) in [6, 6.07) is 8.36. The first kappa shape index (κ1) is 15.5. The maximum atomic E-state index is 10.4. The van der Waals surface area contributed by atoms with Gasteiger partial charge in [0, 0.05) is 31.7 Å². The van der Waals surface area contributed by atoms with Gasteiger partial charge in [-0.1, -0.05) is 31.2 Å². The molecule has 0 bridgehead atoms. The molecule has 1 aromatic carbocycles. The molecule has 0 amide bonds. The van der Waals surface area contributed by atoms with E-state index in [0.29, 0.717) is 0 Å². The van der Waals surface area contributed by atoms with Crippen LogP contribution in [0.5, 0.6) is 0 Å². The van der Waals surface area contributed by atoms with Gasteiger partial charge in [0.1, 0.15) is 0 Å². The van der Waals surface area contributed by atoms with Gasteiger partial charge in [0.05, 0.1) is 6.10 Å². The predicted molar refractivity (Wildman–Crippen MR) is 83.9 cm³/mol. The van der Waals surface area contributed by atoms with Crippen molar-refractivity contribution in [3.05, 3.63) is 35.4 Å². The Morgan fingerprint density at radius 3 is 2.40 bits per heavy atom. The molecule has 0 aromatic heterocycles. The van der Waals surface area contributed by atoms with Crippen LogP contribution >= 0.6 is 0 Å². The smallest absolute Gasteiger partial charge is 0.0916 e. The van der Waals surface area contributed by atoms with Gasteiger partial charge in [0.2, 0.25) is 0 Å². The Labute approximate surface area is 123 Å². The first-order chi connectivity index (χ1) is 9.42. The number of aliphatic hydroxyl groups is 1. The third-order valence-electron chi connectivity index (χ3n) is 4.60. The standard InChI is InChI=1S/C17H28N2O/c1-5-14-6-8-15(9-7-14)16(20)12-19-11-10-18(4)17(2,3)13-19/h6-9,16,20H,5,10-13H2,1-4H3. The van der Waals surface area contributed by atoms with Crippen LogP contribution in [-0.4, -0.2) is 53.7 Å². The molecule has 1 N–H and O–H groups in total. The van der Waals surface area contributed by atoms with Crippen LogP contribution in [0.2, 0.25) is 0 Å². The van der Waals surface area contributed by atoms with Crippen LogP contribution in [0, 0.1) is 0 Å². The highest BCUT2D eigenvalue weighted by molar-refractivity contribution is 5.24. The summed E-state index contributed by atoms with van der Waals surface area (Å²) in [7, 11) is 2.18. The van der Waals surface area contributed by atoms with Gasteiger partial charge in [-0.2, -0.15) is 0 Å². The van der Waals surface area contributed by atoms with Crippen molar-refractivity contribution in [2.45, 2.75) is 38.8 Å². The van der Waals surface area contributed by atoms with E-state index in [9.17, 15) is 5.11 Å². The molecule has 1 fully saturated rings. The summed E-state index contributed by atoms with van der Waals surface area (Å²) in [6.45, 7) is 10.5. The van der Waals surface area contributed by atoms with Crippen molar-refractivity contribution in [1.82, 2.24) is 9.80 Å². The number of β-amino-alcohol motifs (C(OH)–C–C–N with tert-alkyl or cyclic N) is 1. The van der Waals surface area contributed by atoms with E-state index in [1.807, 2.05) is 0 Å². The first-order valence-corrected chi connectivity index (χ1v) is 7.63. The number of likely N-dealkylation sites (N-methyl/N-ethyl adjacent to an activating group) is 1. The summed E-state index contributed by atoms with van der Waals surface area (Å²) in [5.41, 5.74) is 2.53. The lowest BCUT2D eigenvalue weighted by atomic mass is 9.98. The van der Waals surface area contributed by atoms with Crippen molar-refractivity contribution in [2.75, 3.05) is 33.2 Å². The summed E-state index contributed by atoms with van der Waals surface area (Å²) >= 11 is 0. The zero-order valence-corrected chi connectivity index (χ0v) is 13.3. The fourth-order valence-electron chi connectivity index (χ4n) is 2.82. The van der Waals surface area contributed by atoms with E-state index in [0.717, 1.165) is 38.2 Å². The lowest BCUT2D eigenvalue weighted by Crippen LogP contribution is -2.58. The lowest BCUT2D eigenvalue weighted by Gasteiger charge is -2.45. The van der Waals surface area contributed by atoms with Crippen LogP contribution in [0.3, 0.4) is 0 Å². The Kier molecular flexibility index (Phi) is 4.84. The highest BCUT2D eigenvalue weighted by atomic mass is 16.3. The minimum absolute atomic E-state index is 0.185. The maximum Gasteiger partial charge on any atom is 0.0916 e. The van der Waals surface area contributed by atoms with E-state index in [2.05, 4.69) is 61.9 Å². The van der Waals surface area contributed by atoms with Crippen molar-refractivity contribution < 1.29 is 5.11 Å². The lowest BCUT2D eigenvalue weighted by molar-refractivity contribution is 0.0142. The molecule has 0 aliphatic carbocycles. The van der Waals surface area contributed by atoms with Crippen LogP contribution in [0.25, 0.3) is 0 Å². The zero-order valence-electron chi connectivity index (χ0n) is 13.3. The van der Waals surface area contributed by atoms with Crippen LogP contribution < -0.4 is 0 Å². The van der Waals surface area contributed by atoms with Crippen molar-refractivity contribution in [1.29, 1.82) is 0 Å². The molecule has 20 heavy (non-hydrogen) atoms. The van der Waals surface area contributed by atoms with Crippen LogP contribution in [0.1, 0.15) is 38.0 Å². The zero-order chi connectivity index (χ0) is 14.8. The Morgan fingerprint density at radius 1 is 1.20 bits per heavy atom.